The van der Waals surface area contributed by atoms with E-state index in [0.717, 1.165) is 41.6 Å². The van der Waals surface area contributed by atoms with E-state index in [1.807, 2.05) is 28.9 Å². The summed E-state index contributed by atoms with van der Waals surface area (Å²) in [5, 5.41) is 12.2. The third-order valence-electron chi connectivity index (χ3n) is 8.83. The number of ether oxygens (including phenoxy) is 2. The van der Waals surface area contributed by atoms with Gasteiger partial charge in [-0.15, -0.1) is 0 Å². The Bertz CT molecular complexity index is 2270. The molecule has 0 aliphatic carbocycles. The van der Waals surface area contributed by atoms with Gasteiger partial charge in [-0.3, -0.25) is 9.59 Å². The average molecular weight is 693 g/mol. The molecule has 260 valence electrons. The van der Waals surface area contributed by atoms with E-state index in [-0.39, 0.29) is 22.7 Å². The summed E-state index contributed by atoms with van der Waals surface area (Å²) in [5.41, 5.74) is 1.02. The molecule has 1 aliphatic rings. The minimum atomic E-state index is -0.766. The van der Waals surface area contributed by atoms with Crippen molar-refractivity contribution in [1.82, 2.24) is 29.4 Å². The molecule has 1 amide bonds. The van der Waals surface area contributed by atoms with Gasteiger partial charge in [0.25, 0.3) is 11.5 Å². The van der Waals surface area contributed by atoms with E-state index in [9.17, 15) is 14.0 Å². The molecule has 14 heteroatoms. The van der Waals surface area contributed by atoms with Crippen molar-refractivity contribution in [1.29, 1.82) is 0 Å². The Hall–Kier alpha value is -6.15. The van der Waals surface area contributed by atoms with Crippen LogP contribution in [-0.4, -0.2) is 75.7 Å². The molecule has 3 aromatic heterocycles. The van der Waals surface area contributed by atoms with E-state index in [1.54, 1.807) is 19.4 Å². The fourth-order valence-corrected chi connectivity index (χ4v) is 6.06. The van der Waals surface area contributed by atoms with Crippen molar-refractivity contribution in [3.05, 3.63) is 124 Å². The lowest BCUT2D eigenvalue weighted by Crippen LogP contribution is -2.31. The molecule has 51 heavy (non-hydrogen) atoms. The van der Waals surface area contributed by atoms with E-state index in [4.69, 9.17) is 14.6 Å². The molecule has 0 unspecified atom stereocenters. The number of benzene rings is 3. The van der Waals surface area contributed by atoms with Crippen molar-refractivity contribution in [2.75, 3.05) is 44.5 Å². The molecule has 6 aromatic rings. The number of likely N-dealkylation sites (N-methyl/N-ethyl adjacent to an activating group) is 1. The summed E-state index contributed by atoms with van der Waals surface area (Å²) in [5.74, 6) is -0.245. The maximum Gasteiger partial charge on any atom is 0.284 e. The SMILES string of the molecule is COc1ccc(Cn2nc(N3CC[C@@H](N(C)C)C3)c3c(Oc4ccc(NC(=O)c5ccnn(-c6ccc(F)cc6)c5=O)cc4F)ccnc32)cc1. The lowest BCUT2D eigenvalue weighted by atomic mass is 10.2. The van der Waals surface area contributed by atoms with Crippen LogP contribution in [0.4, 0.5) is 20.3 Å². The third-order valence-corrected chi connectivity index (χ3v) is 8.83. The van der Waals surface area contributed by atoms with Gasteiger partial charge in [-0.1, -0.05) is 12.1 Å². The van der Waals surface area contributed by atoms with Crippen LogP contribution in [0.3, 0.4) is 0 Å². The van der Waals surface area contributed by atoms with Gasteiger partial charge in [0, 0.05) is 49.3 Å². The number of fused-ring (bicyclic) bond motifs is 1. The van der Waals surface area contributed by atoms with Gasteiger partial charge >= 0.3 is 0 Å². The van der Waals surface area contributed by atoms with Gasteiger partial charge < -0.3 is 24.6 Å². The molecule has 12 nitrogen and oxygen atoms in total. The van der Waals surface area contributed by atoms with Crippen LogP contribution in [0.1, 0.15) is 22.3 Å². The maximum atomic E-state index is 15.6. The monoisotopic (exact) mass is 692 g/mol. The van der Waals surface area contributed by atoms with Crippen molar-refractivity contribution < 1.29 is 23.0 Å². The number of pyridine rings is 1. The quantitative estimate of drug-likeness (QED) is 0.199. The lowest BCUT2D eigenvalue weighted by molar-refractivity contribution is 0.102. The number of halogens is 2. The largest absolute Gasteiger partial charge is 0.497 e. The van der Waals surface area contributed by atoms with E-state index in [0.29, 0.717) is 35.2 Å². The molecular formula is C37H34F2N8O4. The van der Waals surface area contributed by atoms with Crippen LogP contribution in [0, 0.1) is 11.6 Å². The third kappa shape index (κ3) is 6.85. The van der Waals surface area contributed by atoms with Gasteiger partial charge in [-0.05, 0) is 80.7 Å². The van der Waals surface area contributed by atoms with Crippen LogP contribution in [0.25, 0.3) is 16.7 Å². The number of methoxy groups -OCH3 is 1. The van der Waals surface area contributed by atoms with Gasteiger partial charge in [0.2, 0.25) is 0 Å². The van der Waals surface area contributed by atoms with Crippen molar-refractivity contribution in [3.63, 3.8) is 0 Å². The predicted molar refractivity (Wildman–Crippen MR) is 188 cm³/mol. The molecule has 0 saturated carbocycles. The molecule has 1 fully saturated rings. The molecule has 0 bridgehead atoms. The summed E-state index contributed by atoms with van der Waals surface area (Å²) in [6, 6.07) is 20.1. The Morgan fingerprint density at radius 2 is 1.76 bits per heavy atom. The zero-order chi connectivity index (χ0) is 35.6. The highest BCUT2D eigenvalue weighted by molar-refractivity contribution is 6.04. The predicted octanol–water partition coefficient (Wildman–Crippen LogP) is 5.50. The molecule has 4 heterocycles. The number of carbonyl (C=O) groups excluding carboxylic acids is 1. The number of nitrogens with one attached hydrogen (secondary N) is 1. The standard InChI is InChI=1S/C37H34F2N8O4/c1-44(2)27-16-19-45(22-27)35-33-32(15-17-40-34(33)46(43-35)21-23-4-11-28(50-3)12-5-23)51-31-13-8-25(20-30(31)39)42-36(48)29-14-18-41-47(37(29)49)26-9-6-24(38)7-10-26/h4-15,17-18,20,27H,16,19,21-22H2,1-3H3,(H,42,48)/t27-/m1/s1. The van der Waals surface area contributed by atoms with Gasteiger partial charge in [0.1, 0.15) is 28.3 Å². The number of carbonyl (C=O) groups is 1. The van der Waals surface area contributed by atoms with Crippen LogP contribution in [0.2, 0.25) is 0 Å². The first-order chi connectivity index (χ1) is 24.7. The molecule has 7 rings (SSSR count). The number of hydrogen-bond donors (Lipinski definition) is 1. The molecule has 1 atom stereocenters. The number of rotatable bonds is 10. The van der Waals surface area contributed by atoms with Crippen molar-refractivity contribution in [2.45, 2.75) is 19.0 Å². The summed E-state index contributed by atoms with van der Waals surface area (Å²) < 4.78 is 43.3. The average Bonchev–Trinajstić information content (AvgIpc) is 3.77. The fraction of sp³-hybridized carbons (Fsp3) is 0.216. The number of hydrogen-bond acceptors (Lipinski definition) is 9. The van der Waals surface area contributed by atoms with Gasteiger partial charge in [-0.2, -0.15) is 14.9 Å². The summed E-state index contributed by atoms with van der Waals surface area (Å²) >= 11 is 0. The Morgan fingerprint density at radius 3 is 2.47 bits per heavy atom. The van der Waals surface area contributed by atoms with Gasteiger partial charge in [0.15, 0.2) is 23.0 Å². The van der Waals surface area contributed by atoms with E-state index in [2.05, 4.69) is 39.3 Å². The topological polar surface area (TPSA) is 120 Å². The highest BCUT2D eigenvalue weighted by Gasteiger charge is 2.30. The minimum absolute atomic E-state index is 0.0791. The zero-order valence-corrected chi connectivity index (χ0v) is 28.1. The Balaban J connectivity index is 1.16. The molecule has 0 radical (unpaired) electrons. The Labute approximate surface area is 291 Å². The molecule has 3 aromatic carbocycles. The minimum Gasteiger partial charge on any atom is -0.497 e. The summed E-state index contributed by atoms with van der Waals surface area (Å²) in [6.45, 7) is 1.98. The highest BCUT2D eigenvalue weighted by Crippen LogP contribution is 2.38. The first kappa shape index (κ1) is 33.4. The molecular weight excluding hydrogens is 658 g/mol. The Morgan fingerprint density at radius 1 is 0.980 bits per heavy atom. The second kappa shape index (κ2) is 14.0. The zero-order valence-electron chi connectivity index (χ0n) is 28.1. The first-order valence-corrected chi connectivity index (χ1v) is 16.2. The van der Waals surface area contributed by atoms with Crippen LogP contribution < -0.4 is 25.2 Å². The van der Waals surface area contributed by atoms with E-state index < -0.39 is 23.1 Å². The summed E-state index contributed by atoms with van der Waals surface area (Å²) in [6.07, 6.45) is 3.83. The molecule has 1 saturated heterocycles. The van der Waals surface area contributed by atoms with Gasteiger partial charge in [-0.25, -0.2) is 18.4 Å². The second-order valence-electron chi connectivity index (χ2n) is 12.3. The fourth-order valence-electron chi connectivity index (χ4n) is 6.06. The summed E-state index contributed by atoms with van der Waals surface area (Å²) in [7, 11) is 5.73. The van der Waals surface area contributed by atoms with Crippen LogP contribution in [-0.2, 0) is 6.54 Å². The highest BCUT2D eigenvalue weighted by atomic mass is 19.1. The van der Waals surface area contributed by atoms with Crippen LogP contribution in [0.5, 0.6) is 17.2 Å². The van der Waals surface area contributed by atoms with E-state index in [1.165, 1.54) is 48.7 Å². The maximum absolute atomic E-state index is 15.6. The lowest BCUT2D eigenvalue weighted by Gasteiger charge is -2.20. The van der Waals surface area contributed by atoms with E-state index >= 15 is 4.39 Å². The van der Waals surface area contributed by atoms with Crippen molar-refractivity contribution >= 4 is 28.4 Å². The van der Waals surface area contributed by atoms with Crippen LogP contribution in [0.15, 0.2) is 96.1 Å². The second-order valence-corrected chi connectivity index (χ2v) is 12.3. The number of nitrogens with zero attached hydrogens (tertiary/aromatic N) is 7. The molecule has 0 spiro atoms. The van der Waals surface area contributed by atoms with Gasteiger partial charge in [0.05, 0.1) is 19.3 Å². The number of anilines is 2. The normalized spacial score (nSPS) is 14.3. The Kier molecular flexibility index (Phi) is 9.15. The first-order valence-electron chi connectivity index (χ1n) is 16.2. The molecule has 1 aliphatic heterocycles. The molecule has 1 N–H and O–H groups in total. The van der Waals surface area contributed by atoms with Crippen LogP contribution >= 0.6 is 0 Å². The smallest absolute Gasteiger partial charge is 0.284 e. The van der Waals surface area contributed by atoms with Crippen molar-refractivity contribution in [2.24, 2.45) is 0 Å². The van der Waals surface area contributed by atoms with Crippen molar-refractivity contribution in [3.8, 4) is 22.9 Å². The number of amides is 1. The summed E-state index contributed by atoms with van der Waals surface area (Å²) in [4.78, 5) is 35.2. The number of aromatic nitrogens is 5.